The van der Waals surface area contributed by atoms with E-state index in [1.165, 1.54) is 0 Å². The van der Waals surface area contributed by atoms with Crippen molar-refractivity contribution in [1.82, 2.24) is 9.78 Å². The summed E-state index contributed by atoms with van der Waals surface area (Å²) in [6.45, 7) is 2.18. The van der Waals surface area contributed by atoms with Crippen LogP contribution < -0.4 is 5.32 Å². The van der Waals surface area contributed by atoms with Gasteiger partial charge in [-0.25, -0.2) is 0 Å². The molecule has 22 heavy (non-hydrogen) atoms. The van der Waals surface area contributed by atoms with Crippen molar-refractivity contribution in [3.63, 3.8) is 0 Å². The van der Waals surface area contributed by atoms with E-state index >= 15 is 0 Å². The van der Waals surface area contributed by atoms with Crippen LogP contribution in [0.2, 0.25) is 0 Å². The number of aryl methyl sites for hydroxylation is 1. The normalized spacial score (nSPS) is 10.6. The van der Waals surface area contributed by atoms with E-state index in [-0.39, 0.29) is 12.5 Å². The first-order valence-electron chi connectivity index (χ1n) is 6.74. The minimum atomic E-state index is -0.0957. The van der Waals surface area contributed by atoms with E-state index in [1.807, 2.05) is 54.2 Å². The zero-order chi connectivity index (χ0) is 15.5. The number of nitrogens with one attached hydrogen (secondary N) is 1. The lowest BCUT2D eigenvalue weighted by molar-refractivity contribution is -0.116. The lowest BCUT2D eigenvalue weighted by Crippen LogP contribution is -2.19. The minimum absolute atomic E-state index is 0.0957. The monoisotopic (exact) mass is 375 g/mol. The molecule has 3 aromatic rings. The van der Waals surface area contributed by atoms with Gasteiger partial charge in [-0.05, 0) is 48.2 Å². The topological polar surface area (TPSA) is 46.9 Å². The maximum Gasteiger partial charge on any atom is 0.246 e. The molecule has 0 radical (unpaired) electrons. The van der Waals surface area contributed by atoms with Crippen molar-refractivity contribution in [2.75, 3.05) is 5.32 Å². The molecule has 2 aromatic heterocycles. The van der Waals surface area contributed by atoms with Crippen LogP contribution in [-0.4, -0.2) is 15.7 Å². The van der Waals surface area contributed by atoms with Gasteiger partial charge in [-0.2, -0.15) is 16.4 Å². The number of hydrogen-bond acceptors (Lipinski definition) is 3. The van der Waals surface area contributed by atoms with Crippen LogP contribution in [0, 0.1) is 6.92 Å². The first-order chi connectivity index (χ1) is 10.6. The molecular formula is C16H14BrN3OS. The molecule has 0 aliphatic heterocycles. The second-order valence-electron chi connectivity index (χ2n) is 4.92. The van der Waals surface area contributed by atoms with Crippen molar-refractivity contribution in [2.24, 2.45) is 0 Å². The molecule has 0 unspecified atom stereocenters. The third-order valence-corrected chi connectivity index (χ3v) is 4.78. The van der Waals surface area contributed by atoms with Crippen LogP contribution in [0.4, 0.5) is 5.69 Å². The molecule has 6 heteroatoms. The fourth-order valence-electron chi connectivity index (χ4n) is 2.08. The molecule has 3 rings (SSSR count). The molecule has 0 fully saturated rings. The molecule has 0 saturated heterocycles. The predicted octanol–water partition coefficient (Wildman–Crippen LogP) is 4.32. The van der Waals surface area contributed by atoms with Crippen LogP contribution in [0.1, 0.15) is 5.56 Å². The smallest absolute Gasteiger partial charge is 0.246 e. The van der Waals surface area contributed by atoms with Gasteiger partial charge in [-0.3, -0.25) is 9.48 Å². The predicted molar refractivity (Wildman–Crippen MR) is 93.0 cm³/mol. The first kappa shape index (κ1) is 15.0. The van der Waals surface area contributed by atoms with Crippen molar-refractivity contribution >= 4 is 38.9 Å². The summed E-state index contributed by atoms with van der Waals surface area (Å²) in [7, 11) is 0. The maximum absolute atomic E-state index is 12.1. The average molecular weight is 376 g/mol. The molecule has 0 aliphatic rings. The van der Waals surface area contributed by atoms with E-state index in [2.05, 4.69) is 26.3 Å². The van der Waals surface area contributed by atoms with E-state index in [0.717, 1.165) is 27.0 Å². The van der Waals surface area contributed by atoms with E-state index in [0.29, 0.717) is 0 Å². The van der Waals surface area contributed by atoms with E-state index in [1.54, 1.807) is 16.0 Å². The third kappa shape index (κ3) is 3.45. The molecule has 0 spiro atoms. The van der Waals surface area contributed by atoms with Gasteiger partial charge >= 0.3 is 0 Å². The SMILES string of the molecule is Cc1cc(NC(=O)Cn2ccc(-c3ccsc3)n2)ccc1Br. The molecule has 2 heterocycles. The summed E-state index contributed by atoms with van der Waals surface area (Å²) < 4.78 is 2.67. The average Bonchev–Trinajstić information content (AvgIpc) is 3.13. The molecule has 0 bridgehead atoms. The van der Waals surface area contributed by atoms with E-state index in [4.69, 9.17) is 0 Å². The largest absolute Gasteiger partial charge is 0.324 e. The highest BCUT2D eigenvalue weighted by Gasteiger charge is 2.07. The highest BCUT2D eigenvalue weighted by atomic mass is 79.9. The molecule has 4 nitrogen and oxygen atoms in total. The highest BCUT2D eigenvalue weighted by molar-refractivity contribution is 9.10. The summed E-state index contributed by atoms with van der Waals surface area (Å²) in [5.74, 6) is -0.0957. The molecule has 1 aromatic carbocycles. The van der Waals surface area contributed by atoms with Crippen molar-refractivity contribution < 1.29 is 4.79 Å². The summed E-state index contributed by atoms with van der Waals surface area (Å²) in [6.07, 6.45) is 1.82. The third-order valence-electron chi connectivity index (χ3n) is 3.20. The molecule has 0 aliphatic carbocycles. The molecule has 1 N–H and O–H groups in total. The standard InChI is InChI=1S/C16H14BrN3OS/c1-11-8-13(2-3-14(11)17)18-16(21)9-20-6-4-15(19-20)12-5-7-22-10-12/h2-8,10H,9H2,1H3,(H,18,21). The second kappa shape index (κ2) is 6.46. The summed E-state index contributed by atoms with van der Waals surface area (Å²) in [4.78, 5) is 12.1. The highest BCUT2D eigenvalue weighted by Crippen LogP contribution is 2.21. The van der Waals surface area contributed by atoms with Crippen LogP contribution >= 0.6 is 27.3 Å². The lowest BCUT2D eigenvalue weighted by Gasteiger charge is -2.07. The van der Waals surface area contributed by atoms with Gasteiger partial charge < -0.3 is 5.32 Å². The Labute approximate surface area is 140 Å². The van der Waals surface area contributed by atoms with E-state index < -0.39 is 0 Å². The Morgan fingerprint density at radius 1 is 1.36 bits per heavy atom. The Bertz CT molecular complexity index is 796. The number of carbonyl (C=O) groups excluding carboxylic acids is 1. The number of benzene rings is 1. The summed E-state index contributed by atoms with van der Waals surface area (Å²) in [5.41, 5.74) is 3.83. The number of hydrogen-bond donors (Lipinski definition) is 1. The fraction of sp³-hybridized carbons (Fsp3) is 0.125. The Balaban J connectivity index is 1.65. The van der Waals surface area contributed by atoms with Gasteiger partial charge in [-0.15, -0.1) is 0 Å². The maximum atomic E-state index is 12.1. The number of nitrogens with zero attached hydrogens (tertiary/aromatic N) is 2. The van der Waals surface area contributed by atoms with Crippen molar-refractivity contribution in [2.45, 2.75) is 13.5 Å². The zero-order valence-corrected chi connectivity index (χ0v) is 14.3. The fourth-order valence-corrected chi connectivity index (χ4v) is 2.98. The molecule has 0 saturated carbocycles. The number of rotatable bonds is 4. The van der Waals surface area contributed by atoms with Crippen LogP contribution in [0.5, 0.6) is 0 Å². The number of anilines is 1. The van der Waals surface area contributed by atoms with Crippen molar-refractivity contribution in [3.8, 4) is 11.3 Å². The van der Waals surface area contributed by atoms with Crippen LogP contribution in [0.3, 0.4) is 0 Å². The number of carbonyl (C=O) groups is 1. The van der Waals surface area contributed by atoms with E-state index in [9.17, 15) is 4.79 Å². The van der Waals surface area contributed by atoms with Gasteiger partial charge in [0, 0.05) is 27.3 Å². The Morgan fingerprint density at radius 3 is 2.95 bits per heavy atom. The van der Waals surface area contributed by atoms with Gasteiger partial charge in [0.05, 0.1) is 5.69 Å². The Morgan fingerprint density at radius 2 is 2.23 bits per heavy atom. The Kier molecular flexibility index (Phi) is 4.40. The number of aromatic nitrogens is 2. The number of amides is 1. The molecule has 1 amide bonds. The van der Waals surface area contributed by atoms with Crippen molar-refractivity contribution in [3.05, 3.63) is 57.3 Å². The minimum Gasteiger partial charge on any atom is -0.324 e. The molecular weight excluding hydrogens is 362 g/mol. The first-order valence-corrected chi connectivity index (χ1v) is 8.47. The summed E-state index contributed by atoms with van der Waals surface area (Å²) in [5, 5.41) is 11.4. The van der Waals surface area contributed by atoms with Crippen LogP contribution in [-0.2, 0) is 11.3 Å². The second-order valence-corrected chi connectivity index (χ2v) is 6.56. The quantitative estimate of drug-likeness (QED) is 0.737. The summed E-state index contributed by atoms with van der Waals surface area (Å²) >= 11 is 5.07. The van der Waals surface area contributed by atoms with Gasteiger partial charge in [0.1, 0.15) is 6.54 Å². The number of thiophene rings is 1. The van der Waals surface area contributed by atoms with Crippen LogP contribution in [0.25, 0.3) is 11.3 Å². The summed E-state index contributed by atoms with van der Waals surface area (Å²) in [6, 6.07) is 9.66. The van der Waals surface area contributed by atoms with Gasteiger partial charge in [0.15, 0.2) is 0 Å². The van der Waals surface area contributed by atoms with Crippen molar-refractivity contribution in [1.29, 1.82) is 0 Å². The lowest BCUT2D eigenvalue weighted by atomic mass is 10.2. The zero-order valence-electron chi connectivity index (χ0n) is 11.9. The van der Waals surface area contributed by atoms with Gasteiger partial charge in [0.2, 0.25) is 5.91 Å². The van der Waals surface area contributed by atoms with Crippen LogP contribution in [0.15, 0.2) is 51.8 Å². The number of halogens is 1. The Hall–Kier alpha value is -1.92. The molecule has 112 valence electrons. The van der Waals surface area contributed by atoms with Gasteiger partial charge in [0.25, 0.3) is 0 Å². The van der Waals surface area contributed by atoms with Gasteiger partial charge in [-0.1, -0.05) is 15.9 Å². The molecule has 0 atom stereocenters.